The number of oxime groups is 1. The molecule has 0 aromatic rings. The molecule has 0 bridgehead atoms. The van der Waals surface area contributed by atoms with Gasteiger partial charge in [0.1, 0.15) is 6.42 Å². The molecule has 15 heavy (non-hydrogen) atoms. The van der Waals surface area contributed by atoms with Gasteiger partial charge in [0.2, 0.25) is 5.91 Å². The second-order valence-electron chi connectivity index (χ2n) is 3.34. The maximum Gasteiger partial charge on any atom is 0.397 e. The molecule has 86 valence electrons. The summed E-state index contributed by atoms with van der Waals surface area (Å²) in [6.45, 7) is 0.378. The first-order valence-electron chi connectivity index (χ1n) is 4.46. The highest BCUT2D eigenvalue weighted by atomic mass is 19.4. The van der Waals surface area contributed by atoms with Gasteiger partial charge in [0.05, 0.1) is 5.71 Å². The van der Waals surface area contributed by atoms with Crippen molar-refractivity contribution in [3.8, 4) is 0 Å². The van der Waals surface area contributed by atoms with Crippen LogP contribution >= 0.6 is 0 Å². The van der Waals surface area contributed by atoms with E-state index in [0.717, 1.165) is 4.90 Å². The molecule has 4 nitrogen and oxygen atoms in total. The van der Waals surface area contributed by atoms with Gasteiger partial charge >= 0.3 is 6.18 Å². The van der Waals surface area contributed by atoms with E-state index in [1.54, 1.807) is 0 Å². The summed E-state index contributed by atoms with van der Waals surface area (Å²) in [4.78, 5) is 12.3. The number of rotatable bonds is 1. The zero-order valence-corrected chi connectivity index (χ0v) is 7.92. The van der Waals surface area contributed by atoms with E-state index in [4.69, 9.17) is 5.21 Å². The molecule has 0 aromatic carbocycles. The molecule has 1 fully saturated rings. The Morgan fingerprint density at radius 3 is 2.33 bits per heavy atom. The minimum atomic E-state index is -4.46. The molecule has 1 N–H and O–H groups in total. The normalized spacial score (nSPS) is 17.8. The van der Waals surface area contributed by atoms with Gasteiger partial charge in [-0.1, -0.05) is 5.16 Å². The fourth-order valence-electron chi connectivity index (χ4n) is 1.40. The van der Waals surface area contributed by atoms with E-state index >= 15 is 0 Å². The van der Waals surface area contributed by atoms with E-state index in [1.807, 2.05) is 0 Å². The number of amides is 1. The van der Waals surface area contributed by atoms with Gasteiger partial charge in [-0.15, -0.1) is 0 Å². The van der Waals surface area contributed by atoms with Crippen LogP contribution in [0.1, 0.15) is 19.3 Å². The molecule has 1 amide bonds. The molecular weight excluding hydrogens is 213 g/mol. The molecule has 0 radical (unpaired) electrons. The van der Waals surface area contributed by atoms with Crippen LogP contribution in [0.2, 0.25) is 0 Å². The van der Waals surface area contributed by atoms with Gasteiger partial charge in [0, 0.05) is 25.9 Å². The monoisotopic (exact) mass is 224 g/mol. The average Bonchev–Trinajstić information content (AvgIpc) is 2.15. The van der Waals surface area contributed by atoms with Crippen LogP contribution in [0.15, 0.2) is 5.16 Å². The van der Waals surface area contributed by atoms with Crippen molar-refractivity contribution in [2.45, 2.75) is 25.4 Å². The Bertz CT molecular complexity index is 266. The lowest BCUT2D eigenvalue weighted by Crippen LogP contribution is -2.40. The van der Waals surface area contributed by atoms with Crippen molar-refractivity contribution >= 4 is 11.6 Å². The first kappa shape index (κ1) is 11.8. The van der Waals surface area contributed by atoms with Gasteiger partial charge < -0.3 is 10.1 Å². The number of likely N-dealkylation sites (tertiary alicyclic amines) is 1. The standard InChI is InChI=1S/C8H11F3N2O2/c9-8(10,11)5-7(14)13-3-1-6(12-15)2-4-13/h15H,1-5H2. The molecular formula is C8H11F3N2O2. The minimum Gasteiger partial charge on any atom is -0.411 e. The fraction of sp³-hybridized carbons (Fsp3) is 0.750. The van der Waals surface area contributed by atoms with E-state index in [0.29, 0.717) is 18.6 Å². The van der Waals surface area contributed by atoms with Gasteiger partial charge in [0.15, 0.2) is 0 Å². The van der Waals surface area contributed by atoms with Crippen molar-refractivity contribution in [1.82, 2.24) is 4.90 Å². The Morgan fingerprint density at radius 2 is 1.93 bits per heavy atom. The molecule has 0 aliphatic carbocycles. The zero-order chi connectivity index (χ0) is 11.5. The predicted molar refractivity (Wildman–Crippen MR) is 45.7 cm³/mol. The predicted octanol–water partition coefficient (Wildman–Crippen LogP) is 1.39. The van der Waals surface area contributed by atoms with Crippen LogP contribution in [-0.2, 0) is 4.79 Å². The number of halogens is 3. The summed E-state index contributed by atoms with van der Waals surface area (Å²) >= 11 is 0. The zero-order valence-electron chi connectivity index (χ0n) is 7.92. The average molecular weight is 224 g/mol. The van der Waals surface area contributed by atoms with Gasteiger partial charge in [-0.25, -0.2) is 0 Å². The van der Waals surface area contributed by atoms with Crippen LogP contribution in [0.5, 0.6) is 0 Å². The third kappa shape index (κ3) is 3.77. The summed E-state index contributed by atoms with van der Waals surface area (Å²) in [5, 5.41) is 11.4. The summed E-state index contributed by atoms with van der Waals surface area (Å²) in [5.41, 5.74) is 0.519. The smallest absolute Gasteiger partial charge is 0.397 e. The summed E-state index contributed by atoms with van der Waals surface area (Å²) in [7, 11) is 0. The molecule has 7 heteroatoms. The Balaban J connectivity index is 2.43. The van der Waals surface area contributed by atoms with E-state index in [1.165, 1.54) is 0 Å². The van der Waals surface area contributed by atoms with Crippen LogP contribution in [0.25, 0.3) is 0 Å². The lowest BCUT2D eigenvalue weighted by Gasteiger charge is -2.27. The number of hydrogen-bond acceptors (Lipinski definition) is 3. The Labute approximate surface area is 84.3 Å². The molecule has 1 rings (SSSR count). The first-order chi connectivity index (χ1) is 6.92. The van der Waals surface area contributed by atoms with Crippen LogP contribution in [0.3, 0.4) is 0 Å². The van der Waals surface area contributed by atoms with Crippen molar-refractivity contribution in [3.63, 3.8) is 0 Å². The molecule has 1 saturated heterocycles. The Morgan fingerprint density at radius 1 is 1.40 bits per heavy atom. The largest absolute Gasteiger partial charge is 0.411 e. The van der Waals surface area contributed by atoms with E-state index in [2.05, 4.69) is 5.16 Å². The number of hydrogen-bond donors (Lipinski definition) is 1. The molecule has 0 aromatic heterocycles. The maximum atomic E-state index is 11.9. The molecule has 0 unspecified atom stereocenters. The number of piperidine rings is 1. The minimum absolute atomic E-state index is 0.189. The molecule has 1 heterocycles. The Kier molecular flexibility index (Phi) is 3.54. The first-order valence-corrected chi connectivity index (χ1v) is 4.46. The lowest BCUT2D eigenvalue weighted by atomic mass is 10.1. The van der Waals surface area contributed by atoms with Crippen LogP contribution < -0.4 is 0 Å². The highest BCUT2D eigenvalue weighted by molar-refractivity contribution is 5.87. The van der Waals surface area contributed by atoms with Crippen LogP contribution in [0, 0.1) is 0 Å². The molecule has 1 aliphatic rings. The number of nitrogens with zero attached hydrogens (tertiary/aromatic N) is 2. The van der Waals surface area contributed by atoms with Gasteiger partial charge in [-0.05, 0) is 0 Å². The molecule has 0 saturated carbocycles. The third-order valence-electron chi connectivity index (χ3n) is 2.19. The SMILES string of the molecule is O=C(CC(F)(F)F)N1CCC(=NO)CC1. The maximum absolute atomic E-state index is 11.9. The van der Waals surface area contributed by atoms with Crippen molar-refractivity contribution < 1.29 is 23.2 Å². The van der Waals surface area contributed by atoms with Crippen LogP contribution in [0.4, 0.5) is 13.2 Å². The highest BCUT2D eigenvalue weighted by Gasteiger charge is 2.34. The van der Waals surface area contributed by atoms with Crippen molar-refractivity contribution in [3.05, 3.63) is 0 Å². The van der Waals surface area contributed by atoms with Gasteiger partial charge in [-0.2, -0.15) is 13.2 Å². The lowest BCUT2D eigenvalue weighted by molar-refractivity contribution is -0.161. The van der Waals surface area contributed by atoms with Crippen molar-refractivity contribution in [2.75, 3.05) is 13.1 Å². The van der Waals surface area contributed by atoms with Crippen molar-refractivity contribution in [1.29, 1.82) is 0 Å². The van der Waals surface area contributed by atoms with Gasteiger partial charge in [-0.3, -0.25) is 4.79 Å². The number of carbonyl (C=O) groups is 1. The topological polar surface area (TPSA) is 52.9 Å². The summed E-state index contributed by atoms with van der Waals surface area (Å²) in [6, 6.07) is 0. The summed E-state index contributed by atoms with van der Waals surface area (Å²) in [5.74, 6) is -0.917. The third-order valence-corrected chi connectivity index (χ3v) is 2.19. The number of carbonyl (C=O) groups excluding carboxylic acids is 1. The highest BCUT2D eigenvalue weighted by Crippen LogP contribution is 2.21. The van der Waals surface area contributed by atoms with E-state index in [9.17, 15) is 18.0 Å². The fourth-order valence-corrected chi connectivity index (χ4v) is 1.40. The van der Waals surface area contributed by atoms with Gasteiger partial charge in [0.25, 0.3) is 0 Å². The second-order valence-corrected chi connectivity index (χ2v) is 3.34. The molecule has 1 aliphatic heterocycles. The molecule has 0 atom stereocenters. The van der Waals surface area contributed by atoms with E-state index < -0.39 is 18.5 Å². The Hall–Kier alpha value is -1.27. The van der Waals surface area contributed by atoms with Crippen LogP contribution in [-0.4, -0.2) is 41.0 Å². The summed E-state index contributed by atoms with van der Waals surface area (Å²) < 4.78 is 35.7. The van der Waals surface area contributed by atoms with E-state index in [-0.39, 0.29) is 13.1 Å². The summed E-state index contributed by atoms with van der Waals surface area (Å²) in [6.07, 6.45) is -5.21. The van der Waals surface area contributed by atoms with Crippen molar-refractivity contribution in [2.24, 2.45) is 5.16 Å². The number of alkyl halides is 3. The second kappa shape index (κ2) is 4.50. The quantitative estimate of drug-likeness (QED) is 0.540. The molecule has 0 spiro atoms.